The summed E-state index contributed by atoms with van der Waals surface area (Å²) in [4.78, 5) is 1.23. The van der Waals surface area contributed by atoms with Crippen LogP contribution in [-0.4, -0.2) is 16.5 Å². The highest BCUT2D eigenvalue weighted by Gasteiger charge is 2.08. The monoisotopic (exact) mass is 286 g/mol. The van der Waals surface area contributed by atoms with E-state index in [0.29, 0.717) is 0 Å². The molecule has 0 bridgehead atoms. The summed E-state index contributed by atoms with van der Waals surface area (Å²) in [6, 6.07) is 8.21. The molecule has 0 saturated carbocycles. The molecule has 0 saturated heterocycles. The zero-order chi connectivity index (χ0) is 9.97. The smallest absolute Gasteiger partial charge is 0.137 e. The van der Waals surface area contributed by atoms with E-state index in [-0.39, 0.29) is 0 Å². The predicted octanol–water partition coefficient (Wildman–Crippen LogP) is 3.69. The lowest BCUT2D eigenvalue weighted by atomic mass is 10.2. The molecule has 0 aliphatic carbocycles. The maximum atomic E-state index is 4.10. The van der Waals surface area contributed by atoms with E-state index in [1.165, 1.54) is 4.90 Å². The van der Waals surface area contributed by atoms with Crippen LogP contribution in [0, 0.1) is 0 Å². The number of rotatable bonds is 2. The van der Waals surface area contributed by atoms with Gasteiger partial charge in [-0.05, 0) is 28.3 Å². The van der Waals surface area contributed by atoms with Crippen molar-refractivity contribution < 1.29 is 0 Å². The van der Waals surface area contributed by atoms with Crippen LogP contribution in [-0.2, 0) is 0 Å². The van der Waals surface area contributed by atoms with Gasteiger partial charge in [0.25, 0.3) is 0 Å². The lowest BCUT2D eigenvalue weighted by Gasteiger charge is -2.01. The van der Waals surface area contributed by atoms with Crippen molar-refractivity contribution in [3.8, 4) is 10.6 Å². The maximum Gasteiger partial charge on any atom is 0.183 e. The van der Waals surface area contributed by atoms with Crippen LogP contribution in [0.1, 0.15) is 0 Å². The van der Waals surface area contributed by atoms with Gasteiger partial charge in [0, 0.05) is 10.5 Å². The fraction of sp³-hybridized carbons (Fsp3) is 0.111. The minimum absolute atomic E-state index is 0.823. The van der Waals surface area contributed by atoms with Gasteiger partial charge in [-0.3, -0.25) is 0 Å². The highest BCUT2D eigenvalue weighted by atomic mass is 79.9. The van der Waals surface area contributed by atoms with E-state index in [1.54, 1.807) is 23.1 Å². The van der Waals surface area contributed by atoms with Crippen LogP contribution in [0.25, 0.3) is 10.6 Å². The van der Waals surface area contributed by atoms with E-state index in [9.17, 15) is 0 Å². The second-order valence-corrected chi connectivity index (χ2v) is 5.66. The molecule has 0 aliphatic rings. The number of nitrogens with zero attached hydrogens (tertiary/aromatic N) is 2. The molecule has 0 atom stereocenters. The van der Waals surface area contributed by atoms with Crippen molar-refractivity contribution in [1.29, 1.82) is 0 Å². The molecular weight excluding hydrogens is 280 g/mol. The Morgan fingerprint density at radius 3 is 2.71 bits per heavy atom. The summed E-state index contributed by atoms with van der Waals surface area (Å²) >= 11 is 6.59. The van der Waals surface area contributed by atoms with Crippen LogP contribution in [0.15, 0.2) is 33.1 Å². The van der Waals surface area contributed by atoms with Gasteiger partial charge in [-0.25, -0.2) is 0 Å². The molecule has 72 valence electrons. The van der Waals surface area contributed by atoms with Crippen LogP contribution in [0.2, 0.25) is 0 Å². The number of hydrogen-bond donors (Lipinski definition) is 0. The fourth-order valence-electron chi connectivity index (χ4n) is 1.14. The van der Waals surface area contributed by atoms with Crippen LogP contribution in [0.4, 0.5) is 0 Å². The summed E-state index contributed by atoms with van der Waals surface area (Å²) in [5.41, 5.74) is 1.16. The quantitative estimate of drug-likeness (QED) is 0.788. The third-order valence-electron chi connectivity index (χ3n) is 1.74. The van der Waals surface area contributed by atoms with E-state index in [0.717, 1.165) is 14.5 Å². The first-order valence-corrected chi connectivity index (χ1v) is 6.77. The van der Waals surface area contributed by atoms with E-state index in [2.05, 4.69) is 44.5 Å². The Bertz CT molecular complexity index is 442. The van der Waals surface area contributed by atoms with Gasteiger partial charge in [0.2, 0.25) is 0 Å². The van der Waals surface area contributed by atoms with Crippen molar-refractivity contribution in [3.05, 3.63) is 28.2 Å². The molecule has 1 heterocycles. The normalized spacial score (nSPS) is 10.4. The molecule has 2 nitrogen and oxygen atoms in total. The number of hydrogen-bond acceptors (Lipinski definition) is 4. The van der Waals surface area contributed by atoms with Gasteiger partial charge >= 0.3 is 0 Å². The van der Waals surface area contributed by atoms with Gasteiger partial charge in [-0.2, -0.15) is 0 Å². The van der Waals surface area contributed by atoms with Crippen LogP contribution < -0.4 is 0 Å². The average Bonchev–Trinajstić information content (AvgIpc) is 2.65. The Hall–Kier alpha value is -0.390. The highest BCUT2D eigenvalue weighted by molar-refractivity contribution is 9.11. The summed E-state index contributed by atoms with van der Waals surface area (Å²) in [6.07, 6.45) is 2.06. The van der Waals surface area contributed by atoms with Gasteiger partial charge in [-0.15, -0.1) is 22.0 Å². The summed E-state index contributed by atoms with van der Waals surface area (Å²) in [7, 11) is 0. The molecule has 0 unspecified atom stereocenters. The standard InChI is InChI=1S/C9H7BrN2S2/c1-13-7-5-3-2-4-6(7)8-11-12-9(10)14-8/h2-5H,1H3. The molecule has 0 spiro atoms. The Morgan fingerprint density at radius 2 is 2.07 bits per heavy atom. The first-order valence-electron chi connectivity index (χ1n) is 3.93. The van der Waals surface area contributed by atoms with Crippen LogP contribution >= 0.6 is 39.0 Å². The zero-order valence-electron chi connectivity index (χ0n) is 7.40. The van der Waals surface area contributed by atoms with Gasteiger partial charge in [0.15, 0.2) is 3.92 Å². The molecule has 0 N–H and O–H groups in total. The van der Waals surface area contributed by atoms with Crippen molar-refractivity contribution in [3.63, 3.8) is 0 Å². The first-order chi connectivity index (χ1) is 6.81. The Labute approximate surface area is 98.9 Å². The van der Waals surface area contributed by atoms with Gasteiger partial charge in [0.1, 0.15) is 5.01 Å². The van der Waals surface area contributed by atoms with Crippen LogP contribution in [0.3, 0.4) is 0 Å². The molecular formula is C9H7BrN2S2. The molecule has 0 amide bonds. The second-order valence-electron chi connectivity index (χ2n) is 2.56. The van der Waals surface area contributed by atoms with E-state index >= 15 is 0 Å². The van der Waals surface area contributed by atoms with Gasteiger partial charge in [0.05, 0.1) is 0 Å². The minimum Gasteiger partial charge on any atom is -0.137 e. The number of benzene rings is 1. The Balaban J connectivity index is 2.50. The van der Waals surface area contributed by atoms with Crippen molar-refractivity contribution >= 4 is 39.0 Å². The lowest BCUT2D eigenvalue weighted by Crippen LogP contribution is -1.80. The lowest BCUT2D eigenvalue weighted by molar-refractivity contribution is 1.07. The number of halogens is 1. The summed E-state index contributed by atoms with van der Waals surface area (Å²) in [5, 5.41) is 9.01. The Kier molecular flexibility index (Phi) is 3.20. The third kappa shape index (κ3) is 1.99. The Morgan fingerprint density at radius 1 is 1.29 bits per heavy atom. The van der Waals surface area contributed by atoms with Crippen molar-refractivity contribution in [1.82, 2.24) is 10.2 Å². The molecule has 14 heavy (non-hydrogen) atoms. The van der Waals surface area contributed by atoms with Gasteiger partial charge < -0.3 is 0 Å². The third-order valence-corrected chi connectivity index (χ3v) is 3.92. The fourth-order valence-corrected chi connectivity index (χ4v) is 2.95. The summed E-state index contributed by atoms with van der Waals surface area (Å²) in [6.45, 7) is 0. The number of aromatic nitrogens is 2. The molecule has 5 heteroatoms. The molecule has 1 aromatic carbocycles. The second kappa shape index (κ2) is 4.42. The molecule has 2 rings (SSSR count). The highest BCUT2D eigenvalue weighted by Crippen LogP contribution is 2.32. The summed E-state index contributed by atoms with van der Waals surface area (Å²) < 4.78 is 0.823. The van der Waals surface area contributed by atoms with Crippen molar-refractivity contribution in [2.24, 2.45) is 0 Å². The predicted molar refractivity (Wildman–Crippen MR) is 64.8 cm³/mol. The SMILES string of the molecule is CSc1ccccc1-c1nnc(Br)s1. The molecule has 2 aromatic rings. The maximum absolute atomic E-state index is 4.10. The van der Waals surface area contributed by atoms with E-state index in [1.807, 2.05) is 12.1 Å². The van der Waals surface area contributed by atoms with E-state index in [4.69, 9.17) is 0 Å². The molecule has 1 aromatic heterocycles. The number of thioether (sulfide) groups is 1. The van der Waals surface area contributed by atoms with Crippen LogP contribution in [0.5, 0.6) is 0 Å². The topological polar surface area (TPSA) is 25.8 Å². The first kappa shape index (κ1) is 10.1. The van der Waals surface area contributed by atoms with Crippen molar-refractivity contribution in [2.75, 3.05) is 6.26 Å². The molecule has 0 fully saturated rings. The molecule has 0 aliphatic heterocycles. The van der Waals surface area contributed by atoms with Gasteiger partial charge in [-0.1, -0.05) is 29.5 Å². The molecule has 0 radical (unpaired) electrons. The minimum atomic E-state index is 0.823. The zero-order valence-corrected chi connectivity index (χ0v) is 10.6. The summed E-state index contributed by atoms with van der Waals surface area (Å²) in [5.74, 6) is 0. The average molecular weight is 287 g/mol. The largest absolute Gasteiger partial charge is 0.183 e. The van der Waals surface area contributed by atoms with Crippen molar-refractivity contribution in [2.45, 2.75) is 4.90 Å². The van der Waals surface area contributed by atoms with E-state index < -0.39 is 0 Å².